The highest BCUT2D eigenvalue weighted by molar-refractivity contribution is 7.15. The van der Waals surface area contributed by atoms with E-state index in [2.05, 4.69) is 20.1 Å². The smallest absolute Gasteiger partial charge is 0.450 e. The second-order valence-electron chi connectivity index (χ2n) is 3.71. The van der Waals surface area contributed by atoms with Crippen molar-refractivity contribution in [2.45, 2.75) is 27.4 Å². The van der Waals surface area contributed by atoms with E-state index in [-0.39, 0.29) is 18.4 Å². The van der Waals surface area contributed by atoms with Crippen molar-refractivity contribution in [2.75, 3.05) is 5.32 Å². The Hall–Kier alpha value is -1.63. The Morgan fingerprint density at radius 3 is 2.94 bits per heavy atom. The number of hydrogen-bond acceptors (Lipinski definition) is 6. The van der Waals surface area contributed by atoms with Gasteiger partial charge >= 0.3 is 7.59 Å². The Balaban J connectivity index is 2.64. The molecule has 0 aromatic carbocycles. The maximum atomic E-state index is 11.5. The average Bonchev–Trinajstić information content (AvgIpc) is 2.66. The molecular formula is C10H14N2O4S. The number of aryl methyl sites for hydroxylation is 1. The van der Waals surface area contributed by atoms with Crippen LogP contribution < -0.4 is 5.32 Å². The molecule has 0 atom stereocenters. The van der Waals surface area contributed by atoms with E-state index in [0.29, 0.717) is 15.7 Å². The summed E-state index contributed by atoms with van der Waals surface area (Å²) in [5.41, 5.74) is 0.664. The molecule has 0 saturated heterocycles. The number of carbonyl (C=O) groups is 2. The van der Waals surface area contributed by atoms with Crippen LogP contribution in [0.5, 0.6) is 0 Å². The van der Waals surface area contributed by atoms with Gasteiger partial charge in [0.05, 0.1) is 10.6 Å². The third kappa shape index (κ3) is 4.03. The minimum atomic E-state index is -1.07. The SMILES string of the molecule is [2H]OC(=O)OCc1sc(NC(=O)C(C)C)nc1C. The van der Waals surface area contributed by atoms with Crippen LogP contribution in [0.2, 0.25) is 0 Å². The van der Waals surface area contributed by atoms with E-state index in [1.54, 1.807) is 20.8 Å². The molecule has 0 bridgehead atoms. The van der Waals surface area contributed by atoms with Gasteiger partial charge in [0.25, 0.3) is 0 Å². The largest absolute Gasteiger partial charge is 0.506 e. The Morgan fingerprint density at radius 2 is 2.35 bits per heavy atom. The minimum absolute atomic E-state index is 0.0290. The van der Waals surface area contributed by atoms with Gasteiger partial charge in [-0.25, -0.2) is 9.78 Å². The number of amides is 1. The van der Waals surface area contributed by atoms with Crippen molar-refractivity contribution in [1.29, 1.82) is 1.43 Å². The maximum absolute atomic E-state index is 11.5. The number of aromatic nitrogens is 1. The number of nitrogens with zero attached hydrogens (tertiary/aromatic N) is 1. The van der Waals surface area contributed by atoms with E-state index in [0.717, 1.165) is 0 Å². The summed E-state index contributed by atoms with van der Waals surface area (Å²) in [6.07, 6.45) is -1.07. The van der Waals surface area contributed by atoms with Crippen molar-refractivity contribution >= 4 is 28.5 Å². The van der Waals surface area contributed by atoms with E-state index >= 15 is 0 Å². The van der Waals surface area contributed by atoms with Gasteiger partial charge in [-0.05, 0) is 6.92 Å². The van der Waals surface area contributed by atoms with Crippen molar-refractivity contribution in [2.24, 2.45) is 5.92 Å². The van der Waals surface area contributed by atoms with Crippen LogP contribution in [0.3, 0.4) is 0 Å². The summed E-state index contributed by atoms with van der Waals surface area (Å²) in [5.74, 6) is -0.256. The molecule has 0 saturated carbocycles. The lowest BCUT2D eigenvalue weighted by Crippen LogP contribution is -2.17. The number of carbonyl (C=O) groups excluding carboxylic acids is 1. The van der Waals surface area contributed by atoms with Crippen LogP contribution in [0, 0.1) is 12.8 Å². The molecule has 7 heteroatoms. The highest BCUT2D eigenvalue weighted by Gasteiger charge is 2.13. The van der Waals surface area contributed by atoms with Gasteiger partial charge in [0.15, 0.2) is 5.13 Å². The molecule has 1 rings (SSSR count). The number of ether oxygens (including phenoxy) is 1. The van der Waals surface area contributed by atoms with Crippen molar-refractivity contribution in [3.8, 4) is 0 Å². The predicted molar refractivity (Wildman–Crippen MR) is 63.1 cm³/mol. The highest BCUT2D eigenvalue weighted by atomic mass is 32.1. The lowest BCUT2D eigenvalue weighted by atomic mass is 10.2. The average molecular weight is 259 g/mol. The Bertz CT molecular complexity index is 447. The van der Waals surface area contributed by atoms with E-state index in [1.807, 2.05) is 0 Å². The Morgan fingerprint density at radius 1 is 1.65 bits per heavy atom. The molecule has 2 N–H and O–H groups in total. The van der Waals surface area contributed by atoms with Gasteiger partial charge in [-0.15, -0.1) is 0 Å². The number of nitrogens with one attached hydrogen (secondary N) is 1. The quantitative estimate of drug-likeness (QED) is 0.809. The second-order valence-corrected chi connectivity index (χ2v) is 4.79. The molecule has 0 unspecified atom stereocenters. The van der Waals surface area contributed by atoms with Crippen LogP contribution >= 0.6 is 11.3 Å². The van der Waals surface area contributed by atoms with E-state index in [4.69, 9.17) is 1.43 Å². The summed E-state index contributed by atoms with van der Waals surface area (Å²) in [6.45, 7) is 5.28. The molecular weight excluding hydrogens is 244 g/mol. The fraction of sp³-hybridized carbons (Fsp3) is 0.500. The van der Waals surface area contributed by atoms with E-state index in [9.17, 15) is 9.59 Å². The van der Waals surface area contributed by atoms with Crippen LogP contribution in [-0.4, -0.2) is 22.2 Å². The molecule has 6 nitrogen and oxygen atoms in total. The summed E-state index contributed by atoms with van der Waals surface area (Å²) in [5, 5.41) is 6.74. The van der Waals surface area contributed by atoms with Crippen molar-refractivity contribution in [3.05, 3.63) is 10.6 Å². The molecule has 17 heavy (non-hydrogen) atoms. The van der Waals surface area contributed by atoms with Crippen LogP contribution in [0.25, 0.3) is 1.43 Å². The second kappa shape index (κ2) is 5.62. The van der Waals surface area contributed by atoms with Crippen molar-refractivity contribution in [3.63, 3.8) is 0 Å². The first-order valence-electron chi connectivity index (χ1n) is 5.42. The van der Waals surface area contributed by atoms with Gasteiger partial charge in [-0.1, -0.05) is 25.2 Å². The first-order chi connectivity index (χ1) is 8.43. The summed E-state index contributed by atoms with van der Waals surface area (Å²) >= 11 is 1.22. The van der Waals surface area contributed by atoms with Gasteiger partial charge in [0.2, 0.25) is 5.91 Å². The summed E-state index contributed by atoms with van der Waals surface area (Å²) in [6, 6.07) is 0. The normalized spacial score (nSPS) is 10.9. The molecule has 1 aromatic heterocycles. The number of thiazole rings is 1. The number of carboxylic acid groups (broad SMARTS) is 1. The molecule has 0 aliphatic heterocycles. The fourth-order valence-electron chi connectivity index (χ4n) is 0.990. The third-order valence-corrected chi connectivity index (χ3v) is 3.01. The lowest BCUT2D eigenvalue weighted by Gasteiger charge is -2.03. The molecule has 1 aromatic rings. The Labute approximate surface area is 104 Å². The van der Waals surface area contributed by atoms with Crippen LogP contribution in [0.15, 0.2) is 0 Å². The summed E-state index contributed by atoms with van der Waals surface area (Å²) in [7, 11) is 0. The molecule has 1 amide bonds. The first-order valence-corrected chi connectivity index (χ1v) is 5.82. The van der Waals surface area contributed by atoms with E-state index < -0.39 is 6.16 Å². The number of anilines is 1. The molecule has 0 fully saturated rings. The maximum Gasteiger partial charge on any atom is 0.506 e. The fourth-order valence-corrected chi connectivity index (χ4v) is 1.87. The molecule has 0 aliphatic carbocycles. The van der Waals surface area contributed by atoms with Crippen LogP contribution in [-0.2, 0) is 16.1 Å². The molecule has 0 aliphatic rings. The van der Waals surface area contributed by atoms with Crippen LogP contribution in [0.1, 0.15) is 24.4 Å². The van der Waals surface area contributed by atoms with Crippen molar-refractivity contribution < 1.29 is 19.4 Å². The number of hydrogen-bond donors (Lipinski definition) is 2. The predicted octanol–water partition coefficient (Wildman–Crippen LogP) is 2.24. The zero-order valence-corrected chi connectivity index (χ0v) is 10.6. The standard InChI is InChI=1S/C10H14N2O4S/c1-5(2)8(13)12-9-11-6(3)7(17-9)4-16-10(14)15/h5H,4H2,1-3H3,(H,14,15)(H,11,12,13)/i/hD. The van der Waals surface area contributed by atoms with E-state index in [1.165, 1.54) is 11.3 Å². The number of rotatable bonds is 4. The van der Waals surface area contributed by atoms with Gasteiger partial charge < -0.3 is 15.2 Å². The van der Waals surface area contributed by atoms with Gasteiger partial charge in [0.1, 0.15) is 6.61 Å². The monoisotopic (exact) mass is 259 g/mol. The zero-order chi connectivity index (χ0) is 13.7. The molecule has 1 heterocycles. The molecule has 94 valence electrons. The Kier molecular flexibility index (Phi) is 3.92. The van der Waals surface area contributed by atoms with Gasteiger partial charge in [-0.2, -0.15) is 0 Å². The molecule has 0 radical (unpaired) electrons. The summed E-state index contributed by atoms with van der Waals surface area (Å²) < 4.78 is 11.0. The highest BCUT2D eigenvalue weighted by Crippen LogP contribution is 2.23. The van der Waals surface area contributed by atoms with Gasteiger partial charge in [0, 0.05) is 5.92 Å². The van der Waals surface area contributed by atoms with Crippen molar-refractivity contribution in [1.82, 2.24) is 4.98 Å². The van der Waals surface area contributed by atoms with Gasteiger partial charge in [-0.3, -0.25) is 4.79 Å². The third-order valence-electron chi connectivity index (χ3n) is 1.97. The zero-order valence-electron chi connectivity index (χ0n) is 10.8. The molecule has 0 spiro atoms. The topological polar surface area (TPSA) is 88.5 Å². The summed E-state index contributed by atoms with van der Waals surface area (Å²) in [4.78, 5) is 27.0. The lowest BCUT2D eigenvalue weighted by molar-refractivity contribution is -0.118. The minimum Gasteiger partial charge on any atom is -0.450 e. The van der Waals surface area contributed by atoms with Crippen LogP contribution in [0.4, 0.5) is 9.93 Å². The first kappa shape index (κ1) is 11.8.